The molecule has 6 nitrogen and oxygen atoms in total. The average molecular weight is 328 g/mol. The summed E-state index contributed by atoms with van der Waals surface area (Å²) in [4.78, 5) is 16.5. The number of aromatic nitrogens is 1. The quantitative estimate of drug-likeness (QED) is 0.737. The number of carbonyl (C=O) groups is 1. The molecule has 22 heavy (non-hydrogen) atoms. The lowest BCUT2D eigenvalue weighted by molar-refractivity contribution is -0.136. The zero-order valence-corrected chi connectivity index (χ0v) is 13.5. The molecule has 0 spiro atoms. The van der Waals surface area contributed by atoms with Gasteiger partial charge in [-0.25, -0.2) is 4.98 Å². The van der Waals surface area contributed by atoms with E-state index in [0.717, 1.165) is 25.9 Å². The molecule has 0 aliphatic carbocycles. The predicted octanol–water partition coefficient (Wildman–Crippen LogP) is 1.25. The molecular weight excluding hydrogens is 306 g/mol. The molecule has 0 aromatic carbocycles. The molecule has 0 saturated carbocycles. The van der Waals surface area contributed by atoms with Gasteiger partial charge in [-0.2, -0.15) is 0 Å². The highest BCUT2D eigenvalue weighted by atomic mass is 35.5. The van der Waals surface area contributed by atoms with E-state index in [2.05, 4.69) is 15.6 Å². The Kier molecular flexibility index (Phi) is 6.42. The van der Waals surface area contributed by atoms with Crippen molar-refractivity contribution in [3.05, 3.63) is 23.4 Å². The van der Waals surface area contributed by atoms with Crippen LogP contribution in [0.4, 0.5) is 0 Å². The third kappa shape index (κ3) is 4.32. The third-order valence-electron chi connectivity index (χ3n) is 3.81. The number of methoxy groups -OCH3 is 1. The van der Waals surface area contributed by atoms with E-state index in [-0.39, 0.29) is 5.91 Å². The summed E-state index contributed by atoms with van der Waals surface area (Å²) in [5.74, 6) is 0.401. The second-order valence-electron chi connectivity index (χ2n) is 5.36. The zero-order chi connectivity index (χ0) is 15.8. The molecule has 0 atom stereocenters. The van der Waals surface area contributed by atoms with E-state index in [0.29, 0.717) is 30.7 Å². The molecule has 1 aromatic rings. The van der Waals surface area contributed by atoms with Crippen molar-refractivity contribution in [2.75, 3.05) is 40.0 Å². The first-order chi connectivity index (χ1) is 10.7. The summed E-state index contributed by atoms with van der Waals surface area (Å²) in [5, 5.41) is 6.65. The summed E-state index contributed by atoms with van der Waals surface area (Å²) in [6, 6.07) is 3.45. The summed E-state index contributed by atoms with van der Waals surface area (Å²) in [5.41, 5.74) is -0.442. The molecule has 122 valence electrons. The van der Waals surface area contributed by atoms with Gasteiger partial charge in [0.15, 0.2) is 0 Å². The number of halogens is 1. The van der Waals surface area contributed by atoms with Crippen LogP contribution >= 0.6 is 11.6 Å². The lowest BCUT2D eigenvalue weighted by Gasteiger charge is -2.35. The van der Waals surface area contributed by atoms with Gasteiger partial charge in [0.2, 0.25) is 11.8 Å². The van der Waals surface area contributed by atoms with Crippen molar-refractivity contribution in [1.29, 1.82) is 0 Å². The second kappa shape index (κ2) is 8.31. The molecule has 2 N–H and O–H groups in total. The molecule has 0 radical (unpaired) electrons. The van der Waals surface area contributed by atoms with E-state index in [1.807, 2.05) is 0 Å². The van der Waals surface area contributed by atoms with Crippen molar-refractivity contribution in [3.63, 3.8) is 0 Å². The summed E-state index contributed by atoms with van der Waals surface area (Å²) in [7, 11) is 1.63. The van der Waals surface area contributed by atoms with Gasteiger partial charge in [-0.05, 0) is 38.1 Å². The van der Waals surface area contributed by atoms with Crippen LogP contribution in [0.25, 0.3) is 0 Å². The topological polar surface area (TPSA) is 72.5 Å². The van der Waals surface area contributed by atoms with Gasteiger partial charge in [-0.15, -0.1) is 0 Å². The second-order valence-corrected chi connectivity index (χ2v) is 5.77. The summed E-state index contributed by atoms with van der Waals surface area (Å²) < 4.78 is 10.7. The minimum Gasteiger partial charge on any atom is -0.475 e. The highest BCUT2D eigenvalue weighted by Gasteiger charge is 2.39. The molecule has 2 heterocycles. The third-order valence-corrected chi connectivity index (χ3v) is 4.10. The number of amides is 1. The van der Waals surface area contributed by atoms with Gasteiger partial charge in [0.1, 0.15) is 11.6 Å². The first-order valence-electron chi connectivity index (χ1n) is 7.39. The molecule has 1 saturated heterocycles. The molecule has 1 amide bonds. The largest absolute Gasteiger partial charge is 0.475 e. The molecule has 7 heteroatoms. The molecule has 1 aromatic heterocycles. The molecule has 1 aliphatic heterocycles. The SMILES string of the molecule is COCC1(C(=O)NCCOc2ncccc2Cl)CCNCC1. The lowest BCUT2D eigenvalue weighted by atomic mass is 9.78. The molecule has 0 unspecified atom stereocenters. The maximum absolute atomic E-state index is 12.5. The van der Waals surface area contributed by atoms with Gasteiger partial charge in [0.25, 0.3) is 0 Å². The lowest BCUT2D eigenvalue weighted by Crippen LogP contribution is -2.50. The van der Waals surface area contributed by atoms with E-state index in [1.165, 1.54) is 0 Å². The van der Waals surface area contributed by atoms with E-state index in [4.69, 9.17) is 21.1 Å². The highest BCUT2D eigenvalue weighted by molar-refractivity contribution is 6.31. The monoisotopic (exact) mass is 327 g/mol. The van der Waals surface area contributed by atoms with Crippen molar-refractivity contribution in [3.8, 4) is 5.88 Å². The maximum Gasteiger partial charge on any atom is 0.232 e. The Morgan fingerprint density at radius 3 is 2.95 bits per heavy atom. The van der Waals surface area contributed by atoms with Crippen LogP contribution in [0.5, 0.6) is 5.88 Å². The number of ether oxygens (including phenoxy) is 2. The van der Waals surface area contributed by atoms with Crippen molar-refractivity contribution >= 4 is 17.5 Å². The fourth-order valence-electron chi connectivity index (χ4n) is 2.60. The summed E-state index contributed by atoms with van der Waals surface area (Å²) in [6.07, 6.45) is 3.17. The van der Waals surface area contributed by atoms with Gasteiger partial charge in [0, 0.05) is 13.3 Å². The molecular formula is C15H22ClN3O3. The van der Waals surface area contributed by atoms with Crippen molar-refractivity contribution in [2.24, 2.45) is 5.41 Å². The Bertz CT molecular complexity index is 487. The van der Waals surface area contributed by atoms with Gasteiger partial charge in [0.05, 0.1) is 18.6 Å². The van der Waals surface area contributed by atoms with Crippen LogP contribution in [-0.4, -0.2) is 50.8 Å². The number of carbonyl (C=O) groups excluding carboxylic acids is 1. The van der Waals surface area contributed by atoms with Gasteiger partial charge in [-0.1, -0.05) is 11.6 Å². The number of nitrogens with zero attached hydrogens (tertiary/aromatic N) is 1. The van der Waals surface area contributed by atoms with Gasteiger partial charge in [-0.3, -0.25) is 4.79 Å². The minimum atomic E-state index is -0.442. The maximum atomic E-state index is 12.5. The first-order valence-corrected chi connectivity index (χ1v) is 7.77. The number of hydrogen-bond acceptors (Lipinski definition) is 5. The number of piperidine rings is 1. The van der Waals surface area contributed by atoms with Crippen molar-refractivity contribution < 1.29 is 14.3 Å². The number of hydrogen-bond donors (Lipinski definition) is 2. The molecule has 0 bridgehead atoms. The standard InChI is InChI=1S/C15H22ClN3O3/c1-21-11-15(4-7-17-8-5-15)14(20)19-9-10-22-13-12(16)3-2-6-18-13/h2-3,6,17H,4-5,7-11H2,1H3,(H,19,20). The van der Waals surface area contributed by atoms with Gasteiger partial charge < -0.3 is 20.1 Å². The highest BCUT2D eigenvalue weighted by Crippen LogP contribution is 2.29. The summed E-state index contributed by atoms with van der Waals surface area (Å²) in [6.45, 7) is 2.83. The smallest absolute Gasteiger partial charge is 0.232 e. The molecule has 1 aliphatic rings. The Morgan fingerprint density at radius 1 is 1.50 bits per heavy atom. The van der Waals surface area contributed by atoms with E-state index in [1.54, 1.807) is 25.4 Å². The van der Waals surface area contributed by atoms with Crippen LogP contribution in [0.15, 0.2) is 18.3 Å². The first kappa shape index (κ1) is 17.0. The van der Waals surface area contributed by atoms with Crippen LogP contribution in [0.2, 0.25) is 5.02 Å². The van der Waals surface area contributed by atoms with Crippen LogP contribution < -0.4 is 15.4 Å². The molecule has 1 fully saturated rings. The predicted molar refractivity (Wildman–Crippen MR) is 84.2 cm³/mol. The fourth-order valence-corrected chi connectivity index (χ4v) is 2.77. The van der Waals surface area contributed by atoms with Crippen LogP contribution in [0, 0.1) is 5.41 Å². The van der Waals surface area contributed by atoms with E-state index in [9.17, 15) is 4.79 Å². The minimum absolute atomic E-state index is 0.0200. The average Bonchev–Trinajstić information content (AvgIpc) is 2.54. The Hall–Kier alpha value is -1.37. The van der Waals surface area contributed by atoms with Crippen molar-refractivity contribution in [2.45, 2.75) is 12.8 Å². The van der Waals surface area contributed by atoms with Crippen LogP contribution in [0.3, 0.4) is 0 Å². The Balaban J connectivity index is 1.80. The fraction of sp³-hybridized carbons (Fsp3) is 0.600. The van der Waals surface area contributed by atoms with Gasteiger partial charge >= 0.3 is 0 Å². The Morgan fingerprint density at radius 2 is 2.27 bits per heavy atom. The van der Waals surface area contributed by atoms with Crippen LogP contribution in [-0.2, 0) is 9.53 Å². The number of rotatable bonds is 7. The summed E-state index contributed by atoms with van der Waals surface area (Å²) >= 11 is 5.95. The van der Waals surface area contributed by atoms with E-state index < -0.39 is 5.41 Å². The van der Waals surface area contributed by atoms with Crippen molar-refractivity contribution in [1.82, 2.24) is 15.6 Å². The van der Waals surface area contributed by atoms with Crippen LogP contribution in [0.1, 0.15) is 12.8 Å². The zero-order valence-electron chi connectivity index (χ0n) is 12.7. The molecule has 2 rings (SSSR count). The number of pyridine rings is 1. The Labute approximate surface area is 135 Å². The number of nitrogens with one attached hydrogen (secondary N) is 2. The van der Waals surface area contributed by atoms with E-state index >= 15 is 0 Å². The normalized spacial score (nSPS) is 17.0.